The van der Waals surface area contributed by atoms with Crippen molar-refractivity contribution in [2.24, 2.45) is 0 Å². The summed E-state index contributed by atoms with van der Waals surface area (Å²) in [7, 11) is -1.86. The number of hydrogen-bond donors (Lipinski definition) is 0. The Balaban J connectivity index is 2.02. The SMILES string of the molecule is CN(Cc1ccccc1)C(=O)CN(Cc1ccco1)S(C)(=O)=O. The molecule has 7 heteroatoms. The van der Waals surface area contributed by atoms with Crippen molar-refractivity contribution in [1.29, 1.82) is 0 Å². The summed E-state index contributed by atoms with van der Waals surface area (Å²) >= 11 is 0. The van der Waals surface area contributed by atoms with Gasteiger partial charge >= 0.3 is 0 Å². The highest BCUT2D eigenvalue weighted by atomic mass is 32.2. The zero-order valence-corrected chi connectivity index (χ0v) is 14.0. The number of likely N-dealkylation sites (N-methyl/N-ethyl adjacent to an activating group) is 1. The minimum atomic E-state index is -3.52. The van der Waals surface area contributed by atoms with Crippen LogP contribution in [0.5, 0.6) is 0 Å². The lowest BCUT2D eigenvalue weighted by Gasteiger charge is -2.23. The number of sulfonamides is 1. The molecule has 0 atom stereocenters. The van der Waals surface area contributed by atoms with Gasteiger partial charge in [0.1, 0.15) is 5.76 Å². The van der Waals surface area contributed by atoms with Crippen LogP contribution in [0.2, 0.25) is 0 Å². The first-order valence-electron chi connectivity index (χ1n) is 7.11. The minimum absolute atomic E-state index is 0.0384. The van der Waals surface area contributed by atoms with Crippen LogP contribution < -0.4 is 0 Å². The Kier molecular flexibility index (Phi) is 5.57. The van der Waals surface area contributed by atoms with Gasteiger partial charge in [-0.2, -0.15) is 4.31 Å². The van der Waals surface area contributed by atoms with Crippen LogP contribution in [0.1, 0.15) is 11.3 Å². The quantitative estimate of drug-likeness (QED) is 0.771. The molecular weight excluding hydrogens is 316 g/mol. The van der Waals surface area contributed by atoms with Crippen LogP contribution in [0.15, 0.2) is 53.1 Å². The third-order valence-corrected chi connectivity index (χ3v) is 4.58. The van der Waals surface area contributed by atoms with E-state index in [4.69, 9.17) is 4.42 Å². The zero-order chi connectivity index (χ0) is 16.9. The van der Waals surface area contributed by atoms with Gasteiger partial charge in [-0.3, -0.25) is 4.79 Å². The van der Waals surface area contributed by atoms with E-state index in [0.29, 0.717) is 12.3 Å². The predicted octanol–water partition coefficient (Wildman–Crippen LogP) is 1.70. The van der Waals surface area contributed by atoms with Crippen molar-refractivity contribution in [3.63, 3.8) is 0 Å². The number of hydrogen-bond acceptors (Lipinski definition) is 4. The van der Waals surface area contributed by atoms with Crippen molar-refractivity contribution >= 4 is 15.9 Å². The van der Waals surface area contributed by atoms with Crippen molar-refractivity contribution in [1.82, 2.24) is 9.21 Å². The molecule has 1 heterocycles. The van der Waals surface area contributed by atoms with Gasteiger partial charge in [-0.05, 0) is 17.7 Å². The molecule has 2 aromatic rings. The van der Waals surface area contributed by atoms with Crippen LogP contribution in [0.4, 0.5) is 0 Å². The average molecular weight is 336 g/mol. The van der Waals surface area contributed by atoms with E-state index in [1.165, 1.54) is 11.2 Å². The van der Waals surface area contributed by atoms with Crippen LogP contribution >= 0.6 is 0 Å². The van der Waals surface area contributed by atoms with Gasteiger partial charge in [0.05, 0.1) is 25.6 Å². The molecule has 0 saturated carbocycles. The van der Waals surface area contributed by atoms with Crippen LogP contribution in [-0.2, 0) is 27.9 Å². The molecule has 2 rings (SSSR count). The maximum absolute atomic E-state index is 12.3. The molecule has 0 radical (unpaired) electrons. The van der Waals surface area contributed by atoms with Crippen molar-refractivity contribution in [3.05, 3.63) is 60.1 Å². The maximum atomic E-state index is 12.3. The lowest BCUT2D eigenvalue weighted by atomic mass is 10.2. The highest BCUT2D eigenvalue weighted by Crippen LogP contribution is 2.10. The van der Waals surface area contributed by atoms with Crippen LogP contribution in [-0.4, -0.2) is 43.4 Å². The topological polar surface area (TPSA) is 70.8 Å². The van der Waals surface area contributed by atoms with Crippen molar-refractivity contribution < 1.29 is 17.6 Å². The van der Waals surface area contributed by atoms with Crippen molar-refractivity contribution in [3.8, 4) is 0 Å². The molecule has 0 spiro atoms. The van der Waals surface area contributed by atoms with E-state index in [1.807, 2.05) is 30.3 Å². The Morgan fingerprint density at radius 3 is 2.35 bits per heavy atom. The van der Waals surface area contributed by atoms with Gasteiger partial charge in [0.2, 0.25) is 15.9 Å². The molecule has 1 amide bonds. The first kappa shape index (κ1) is 17.2. The van der Waals surface area contributed by atoms with Gasteiger partial charge in [0.15, 0.2) is 0 Å². The molecule has 0 fully saturated rings. The van der Waals surface area contributed by atoms with E-state index in [9.17, 15) is 13.2 Å². The summed E-state index contributed by atoms with van der Waals surface area (Å²) in [5.41, 5.74) is 0.986. The summed E-state index contributed by atoms with van der Waals surface area (Å²) in [6, 6.07) is 12.9. The summed E-state index contributed by atoms with van der Waals surface area (Å²) in [6.45, 7) is 0.248. The molecule has 0 saturated heterocycles. The van der Waals surface area contributed by atoms with Gasteiger partial charge in [0.25, 0.3) is 0 Å². The van der Waals surface area contributed by atoms with Crippen LogP contribution in [0.25, 0.3) is 0 Å². The summed E-state index contributed by atoms with van der Waals surface area (Å²) in [5, 5.41) is 0. The Morgan fingerprint density at radius 2 is 1.78 bits per heavy atom. The summed E-state index contributed by atoms with van der Waals surface area (Å²) < 4.78 is 30.0. The lowest BCUT2D eigenvalue weighted by molar-refractivity contribution is -0.130. The van der Waals surface area contributed by atoms with E-state index in [1.54, 1.807) is 19.2 Å². The molecule has 124 valence electrons. The molecule has 0 unspecified atom stereocenters. The normalized spacial score (nSPS) is 11.6. The number of amides is 1. The molecule has 0 aliphatic rings. The largest absolute Gasteiger partial charge is 0.468 e. The Bertz CT molecular complexity index is 727. The predicted molar refractivity (Wildman–Crippen MR) is 86.9 cm³/mol. The standard InChI is InChI=1S/C16H20N2O4S/c1-17(11-14-7-4-3-5-8-14)16(19)13-18(23(2,20)21)12-15-9-6-10-22-15/h3-10H,11-13H2,1-2H3. The van der Waals surface area contributed by atoms with Crippen molar-refractivity contribution in [2.45, 2.75) is 13.1 Å². The molecule has 6 nitrogen and oxygen atoms in total. The molecule has 0 bridgehead atoms. The van der Waals surface area contributed by atoms with Gasteiger partial charge in [-0.25, -0.2) is 8.42 Å². The second kappa shape index (κ2) is 7.43. The van der Waals surface area contributed by atoms with Crippen LogP contribution in [0, 0.1) is 0 Å². The Labute approximate surface area is 136 Å². The molecule has 1 aromatic carbocycles. The first-order chi connectivity index (χ1) is 10.9. The van der Waals surface area contributed by atoms with E-state index in [0.717, 1.165) is 16.1 Å². The Morgan fingerprint density at radius 1 is 1.09 bits per heavy atom. The third-order valence-electron chi connectivity index (χ3n) is 3.38. The van der Waals surface area contributed by atoms with Crippen LogP contribution in [0.3, 0.4) is 0 Å². The fourth-order valence-corrected chi connectivity index (χ4v) is 2.79. The average Bonchev–Trinajstić information content (AvgIpc) is 2.99. The number of furan rings is 1. The second-order valence-corrected chi connectivity index (χ2v) is 7.33. The van der Waals surface area contributed by atoms with Gasteiger partial charge in [-0.15, -0.1) is 0 Å². The van der Waals surface area contributed by atoms with E-state index >= 15 is 0 Å². The molecule has 0 aliphatic heterocycles. The highest BCUT2D eigenvalue weighted by molar-refractivity contribution is 7.88. The van der Waals surface area contributed by atoms with E-state index < -0.39 is 10.0 Å². The monoisotopic (exact) mass is 336 g/mol. The van der Waals surface area contributed by atoms with Crippen molar-refractivity contribution in [2.75, 3.05) is 19.8 Å². The molecular formula is C16H20N2O4S. The number of carbonyl (C=O) groups is 1. The smallest absolute Gasteiger partial charge is 0.237 e. The zero-order valence-electron chi connectivity index (χ0n) is 13.2. The summed E-state index contributed by atoms with van der Waals surface area (Å²) in [6.07, 6.45) is 2.56. The van der Waals surface area contributed by atoms with E-state index in [-0.39, 0.29) is 19.0 Å². The maximum Gasteiger partial charge on any atom is 0.237 e. The number of rotatable bonds is 7. The number of benzene rings is 1. The summed E-state index contributed by atoms with van der Waals surface area (Å²) in [5.74, 6) is 0.222. The van der Waals surface area contributed by atoms with Gasteiger partial charge in [-0.1, -0.05) is 30.3 Å². The molecule has 23 heavy (non-hydrogen) atoms. The number of carbonyl (C=O) groups excluding carboxylic acids is 1. The van der Waals surface area contributed by atoms with Gasteiger partial charge in [0, 0.05) is 13.6 Å². The third kappa shape index (κ3) is 5.22. The molecule has 0 aliphatic carbocycles. The Hall–Kier alpha value is -2.12. The second-order valence-electron chi connectivity index (χ2n) is 5.35. The number of nitrogens with zero attached hydrogens (tertiary/aromatic N) is 2. The molecule has 1 aromatic heterocycles. The summed E-state index contributed by atoms with van der Waals surface area (Å²) in [4.78, 5) is 13.8. The highest BCUT2D eigenvalue weighted by Gasteiger charge is 2.23. The fourth-order valence-electron chi connectivity index (χ4n) is 2.08. The minimum Gasteiger partial charge on any atom is -0.468 e. The first-order valence-corrected chi connectivity index (χ1v) is 8.96. The lowest BCUT2D eigenvalue weighted by Crippen LogP contribution is -2.40. The van der Waals surface area contributed by atoms with E-state index in [2.05, 4.69) is 0 Å². The van der Waals surface area contributed by atoms with Gasteiger partial charge < -0.3 is 9.32 Å². The fraction of sp³-hybridized carbons (Fsp3) is 0.312. The molecule has 0 N–H and O–H groups in total.